The van der Waals surface area contributed by atoms with Crippen LogP contribution in [0.25, 0.3) is 5.52 Å². The van der Waals surface area contributed by atoms with Crippen LogP contribution in [0.3, 0.4) is 0 Å². The third-order valence-electron chi connectivity index (χ3n) is 5.01. The second kappa shape index (κ2) is 8.78. The van der Waals surface area contributed by atoms with Crippen molar-refractivity contribution in [2.24, 2.45) is 0 Å². The maximum Gasteiger partial charge on any atom is 0.416 e. The molecule has 0 radical (unpaired) electrons. The van der Waals surface area contributed by atoms with E-state index < -0.39 is 29.7 Å². The predicted molar refractivity (Wildman–Crippen MR) is 118 cm³/mol. The predicted octanol–water partition coefficient (Wildman–Crippen LogP) is 3.94. The fourth-order valence-electron chi connectivity index (χ4n) is 3.55. The number of carbonyl (C=O) groups excluding carboxylic acids is 1. The zero-order valence-electron chi connectivity index (χ0n) is 17.0. The van der Waals surface area contributed by atoms with E-state index in [4.69, 9.17) is 5.73 Å². The van der Waals surface area contributed by atoms with Gasteiger partial charge in [0.25, 0.3) is 0 Å². The zero-order valence-corrected chi connectivity index (χ0v) is 18.6. The highest BCUT2D eigenvalue weighted by Gasteiger charge is 2.31. The minimum Gasteiger partial charge on any atom is -0.478 e. The molecule has 0 aliphatic heterocycles. The van der Waals surface area contributed by atoms with E-state index in [0.717, 1.165) is 18.3 Å². The number of rotatable bonds is 4. The Morgan fingerprint density at radius 2 is 2.03 bits per heavy atom. The van der Waals surface area contributed by atoms with Gasteiger partial charge in [-0.3, -0.25) is 5.32 Å². The van der Waals surface area contributed by atoms with Gasteiger partial charge in [0.15, 0.2) is 5.82 Å². The van der Waals surface area contributed by atoms with Crippen molar-refractivity contribution in [3.05, 3.63) is 69.9 Å². The average Bonchev–Trinajstić information content (AvgIpc) is 3.08. The lowest BCUT2D eigenvalue weighted by Gasteiger charge is -2.18. The van der Waals surface area contributed by atoms with Crippen LogP contribution in [0, 0.1) is 0 Å². The van der Waals surface area contributed by atoms with Crippen molar-refractivity contribution in [2.45, 2.75) is 18.5 Å². The molecule has 14 heteroatoms. The summed E-state index contributed by atoms with van der Waals surface area (Å²) in [6.45, 7) is 0. The lowest BCUT2D eigenvalue weighted by molar-refractivity contribution is -0.137. The van der Waals surface area contributed by atoms with Crippen molar-refractivity contribution >= 4 is 45.1 Å². The molecule has 1 aliphatic rings. The smallest absolute Gasteiger partial charge is 0.416 e. The molecule has 3 aromatic heterocycles. The molecule has 2 amide bonds. The molecule has 0 spiro atoms. The number of aromatic carboxylic acids is 1. The topological polar surface area (TPSA) is 148 Å². The van der Waals surface area contributed by atoms with Gasteiger partial charge in [0.1, 0.15) is 22.3 Å². The first-order valence-corrected chi connectivity index (χ1v) is 10.4. The summed E-state index contributed by atoms with van der Waals surface area (Å²) in [7, 11) is 0. The Balaban J connectivity index is 1.52. The molecule has 0 bridgehead atoms. The van der Waals surface area contributed by atoms with Crippen molar-refractivity contribution < 1.29 is 27.9 Å². The molecule has 1 aliphatic carbocycles. The maximum absolute atomic E-state index is 12.8. The number of aromatic nitrogens is 4. The number of fused-ring (bicyclic) bond motifs is 1. The molecule has 3 aromatic rings. The lowest BCUT2D eigenvalue weighted by atomic mass is 9.89. The van der Waals surface area contributed by atoms with Gasteiger partial charge < -0.3 is 16.2 Å². The Bertz CT molecular complexity index is 1370. The molecule has 1 unspecified atom stereocenters. The first-order valence-electron chi connectivity index (χ1n) is 9.59. The molecule has 10 nitrogen and oxygen atoms in total. The SMILES string of the molecule is Nc1ncnn2c(Br)c(C(=O)O)c(C3C=CC(NC(=O)Nc4cc(C(F)(F)F)ccn4)=CC3)c12. The normalized spacial score (nSPS) is 15.8. The van der Waals surface area contributed by atoms with E-state index in [1.807, 2.05) is 0 Å². The summed E-state index contributed by atoms with van der Waals surface area (Å²) in [5.74, 6) is -1.76. The molecule has 3 heterocycles. The van der Waals surface area contributed by atoms with Crippen molar-refractivity contribution in [1.82, 2.24) is 24.9 Å². The Morgan fingerprint density at radius 1 is 1.26 bits per heavy atom. The van der Waals surface area contributed by atoms with Gasteiger partial charge in [0.2, 0.25) is 0 Å². The summed E-state index contributed by atoms with van der Waals surface area (Å²) < 4.78 is 40.0. The largest absolute Gasteiger partial charge is 0.478 e. The summed E-state index contributed by atoms with van der Waals surface area (Å²) in [5, 5.41) is 18.5. The maximum atomic E-state index is 12.8. The monoisotopic (exact) mass is 537 g/mol. The number of hydrogen-bond acceptors (Lipinski definition) is 6. The van der Waals surface area contributed by atoms with Crippen molar-refractivity contribution in [1.29, 1.82) is 0 Å². The summed E-state index contributed by atoms with van der Waals surface area (Å²) >= 11 is 3.25. The Morgan fingerprint density at radius 3 is 2.68 bits per heavy atom. The number of allylic oxidation sites excluding steroid dienone is 3. The minimum absolute atomic E-state index is 0.0139. The van der Waals surface area contributed by atoms with Crippen LogP contribution >= 0.6 is 15.9 Å². The number of nitrogens with one attached hydrogen (secondary N) is 2. The molecule has 0 saturated heterocycles. The molecule has 1 atom stereocenters. The fraction of sp³-hybridized carbons (Fsp3) is 0.150. The molecule has 34 heavy (non-hydrogen) atoms. The second-order valence-electron chi connectivity index (χ2n) is 7.16. The van der Waals surface area contributed by atoms with Gasteiger partial charge in [-0.25, -0.2) is 24.1 Å². The number of urea groups is 1. The van der Waals surface area contributed by atoms with Crippen LogP contribution in [-0.4, -0.2) is 36.7 Å². The summed E-state index contributed by atoms with van der Waals surface area (Å²) in [6.07, 6.45) is 2.76. The van der Waals surface area contributed by atoms with Gasteiger partial charge in [0.05, 0.1) is 11.1 Å². The van der Waals surface area contributed by atoms with Crippen LogP contribution in [0.2, 0.25) is 0 Å². The van der Waals surface area contributed by atoms with Crippen molar-refractivity contribution in [2.75, 3.05) is 11.1 Å². The van der Waals surface area contributed by atoms with E-state index in [0.29, 0.717) is 23.2 Å². The number of amides is 2. The first kappa shape index (κ1) is 23.2. The zero-order chi connectivity index (χ0) is 24.6. The number of nitrogen functional groups attached to an aromatic ring is 1. The number of pyridine rings is 1. The third kappa shape index (κ3) is 4.44. The van der Waals surface area contributed by atoms with Gasteiger partial charge in [-0.1, -0.05) is 12.2 Å². The molecule has 4 rings (SSSR count). The van der Waals surface area contributed by atoms with Gasteiger partial charge in [-0.2, -0.15) is 18.3 Å². The highest BCUT2D eigenvalue weighted by atomic mass is 79.9. The fourth-order valence-corrected chi connectivity index (χ4v) is 4.20. The summed E-state index contributed by atoms with van der Waals surface area (Å²) in [6, 6.07) is 0.724. The van der Waals surface area contributed by atoms with Crippen LogP contribution in [0.5, 0.6) is 0 Å². The van der Waals surface area contributed by atoms with Gasteiger partial charge >= 0.3 is 18.2 Å². The number of alkyl halides is 3. The quantitative estimate of drug-likeness (QED) is 0.394. The molecule has 0 fully saturated rings. The van der Waals surface area contributed by atoms with Crippen LogP contribution < -0.4 is 16.4 Å². The van der Waals surface area contributed by atoms with E-state index >= 15 is 0 Å². The van der Waals surface area contributed by atoms with Gasteiger partial charge in [-0.15, -0.1) is 0 Å². The third-order valence-corrected chi connectivity index (χ3v) is 5.74. The number of anilines is 2. The number of hydrogen-bond donors (Lipinski definition) is 4. The van der Waals surface area contributed by atoms with Crippen LogP contribution in [0.15, 0.2) is 53.2 Å². The number of halogens is 4. The number of carbonyl (C=O) groups is 2. The minimum atomic E-state index is -4.57. The van der Waals surface area contributed by atoms with Crippen molar-refractivity contribution in [3.8, 4) is 0 Å². The van der Waals surface area contributed by atoms with Gasteiger partial charge in [-0.05, 0) is 40.6 Å². The number of carboxylic acid groups (broad SMARTS) is 1. The Hall–Kier alpha value is -3.94. The van der Waals surface area contributed by atoms with E-state index in [9.17, 15) is 27.9 Å². The lowest BCUT2D eigenvalue weighted by Crippen LogP contribution is -2.28. The molecule has 176 valence electrons. The molecule has 0 aromatic carbocycles. The van der Waals surface area contributed by atoms with E-state index in [-0.39, 0.29) is 21.8 Å². The van der Waals surface area contributed by atoms with Gasteiger partial charge in [0, 0.05) is 23.4 Å². The highest BCUT2D eigenvalue weighted by Crippen LogP contribution is 2.38. The summed E-state index contributed by atoms with van der Waals surface area (Å²) in [4.78, 5) is 31.8. The molecule has 0 saturated carbocycles. The van der Waals surface area contributed by atoms with E-state index in [2.05, 4.69) is 41.6 Å². The number of nitrogens with two attached hydrogens (primary N) is 1. The molecular weight excluding hydrogens is 523 g/mol. The Kier molecular flexibility index (Phi) is 6.00. The van der Waals surface area contributed by atoms with Crippen LogP contribution in [0.1, 0.15) is 33.8 Å². The van der Waals surface area contributed by atoms with E-state index in [1.54, 1.807) is 18.2 Å². The number of nitrogens with zero attached hydrogens (tertiary/aromatic N) is 4. The molecule has 5 N–H and O–H groups in total. The second-order valence-corrected chi connectivity index (χ2v) is 7.91. The van der Waals surface area contributed by atoms with Crippen LogP contribution in [-0.2, 0) is 6.18 Å². The standard InChI is InChI=1S/C20H15BrF3N7O3/c21-16-14(18(32)33)13(15-17(25)27-8-28-31(15)16)9-1-3-11(4-2-9)29-19(34)30-12-7-10(5-6-26-12)20(22,23)24/h1,3-9H,2H2,(H,32,33)(H2,25,27,28)(H2,26,29,30,34). The van der Waals surface area contributed by atoms with Crippen molar-refractivity contribution in [3.63, 3.8) is 0 Å². The van der Waals surface area contributed by atoms with E-state index in [1.165, 1.54) is 10.8 Å². The molecular formula is C20H15BrF3N7O3. The Labute approximate surface area is 197 Å². The highest BCUT2D eigenvalue weighted by molar-refractivity contribution is 9.10. The summed E-state index contributed by atoms with van der Waals surface area (Å²) in [5.41, 5.74) is 6.14. The number of carboxylic acids is 1. The first-order chi connectivity index (χ1) is 16.1. The average molecular weight is 538 g/mol. The van der Waals surface area contributed by atoms with Crippen LogP contribution in [0.4, 0.5) is 29.6 Å².